The molecule has 0 saturated carbocycles. The predicted octanol–water partition coefficient (Wildman–Crippen LogP) is -0.226. The van der Waals surface area contributed by atoms with E-state index in [-0.39, 0.29) is 0 Å². The Morgan fingerprint density at radius 2 is 2.06 bits per heavy atom. The molecule has 0 radical (unpaired) electrons. The lowest BCUT2D eigenvalue weighted by atomic mass is 10.1. The quantitative estimate of drug-likeness (QED) is 0.733. The average molecular weight is 240 g/mol. The van der Waals surface area contributed by atoms with E-state index in [0.717, 1.165) is 19.0 Å². The summed E-state index contributed by atoms with van der Waals surface area (Å²) in [5.74, 6) is 0.881. The van der Waals surface area contributed by atoms with Gasteiger partial charge in [-0.1, -0.05) is 0 Å². The standard InChI is InChI=1S/C13H28N4/c1-15-6-4-12(9-15)10-16(2)11-13-8-14-5-7-17(13)3/h12-14H,4-11H2,1-3H3. The van der Waals surface area contributed by atoms with Crippen LogP contribution in [-0.4, -0.2) is 87.7 Å². The van der Waals surface area contributed by atoms with Crippen LogP contribution in [-0.2, 0) is 0 Å². The van der Waals surface area contributed by atoms with Crippen LogP contribution in [0.3, 0.4) is 0 Å². The molecule has 2 atom stereocenters. The van der Waals surface area contributed by atoms with Crippen LogP contribution in [0.5, 0.6) is 0 Å². The van der Waals surface area contributed by atoms with Crippen LogP contribution in [0.4, 0.5) is 0 Å². The molecular weight excluding hydrogens is 212 g/mol. The minimum absolute atomic E-state index is 0.688. The molecule has 0 amide bonds. The number of hydrogen-bond donors (Lipinski definition) is 1. The Balaban J connectivity index is 1.70. The van der Waals surface area contributed by atoms with Crippen LogP contribution in [0, 0.1) is 5.92 Å². The van der Waals surface area contributed by atoms with Crippen LogP contribution in [0.25, 0.3) is 0 Å². The van der Waals surface area contributed by atoms with Crippen LogP contribution < -0.4 is 5.32 Å². The van der Waals surface area contributed by atoms with Gasteiger partial charge in [-0.3, -0.25) is 4.90 Å². The molecule has 2 rings (SSSR count). The monoisotopic (exact) mass is 240 g/mol. The van der Waals surface area contributed by atoms with Crippen molar-refractivity contribution in [3.8, 4) is 0 Å². The lowest BCUT2D eigenvalue weighted by molar-refractivity contribution is 0.144. The summed E-state index contributed by atoms with van der Waals surface area (Å²) < 4.78 is 0. The highest BCUT2D eigenvalue weighted by molar-refractivity contribution is 4.81. The van der Waals surface area contributed by atoms with E-state index in [1.807, 2.05) is 0 Å². The van der Waals surface area contributed by atoms with Gasteiger partial charge < -0.3 is 15.1 Å². The zero-order chi connectivity index (χ0) is 12.3. The summed E-state index contributed by atoms with van der Waals surface area (Å²) in [7, 11) is 6.77. The average Bonchev–Trinajstić information content (AvgIpc) is 2.67. The molecule has 2 fully saturated rings. The van der Waals surface area contributed by atoms with E-state index in [1.165, 1.54) is 39.1 Å². The molecule has 1 N–H and O–H groups in total. The number of likely N-dealkylation sites (tertiary alicyclic amines) is 1. The first-order chi connectivity index (χ1) is 8.15. The zero-order valence-corrected chi connectivity index (χ0v) is 11.7. The van der Waals surface area contributed by atoms with Gasteiger partial charge in [0.2, 0.25) is 0 Å². The molecule has 4 heteroatoms. The Kier molecular flexibility index (Phi) is 4.79. The molecule has 2 unspecified atom stereocenters. The highest BCUT2D eigenvalue weighted by Crippen LogP contribution is 2.15. The zero-order valence-electron chi connectivity index (χ0n) is 11.7. The van der Waals surface area contributed by atoms with E-state index in [9.17, 15) is 0 Å². The van der Waals surface area contributed by atoms with Crippen molar-refractivity contribution < 1.29 is 0 Å². The smallest absolute Gasteiger partial charge is 0.0345 e. The number of hydrogen-bond acceptors (Lipinski definition) is 4. The largest absolute Gasteiger partial charge is 0.314 e. The summed E-state index contributed by atoms with van der Waals surface area (Å²) in [4.78, 5) is 7.47. The van der Waals surface area contributed by atoms with E-state index < -0.39 is 0 Å². The maximum Gasteiger partial charge on any atom is 0.0345 e. The van der Waals surface area contributed by atoms with Crippen molar-refractivity contribution in [1.29, 1.82) is 0 Å². The first-order valence-corrected chi connectivity index (χ1v) is 6.93. The Morgan fingerprint density at radius 3 is 2.71 bits per heavy atom. The van der Waals surface area contributed by atoms with Crippen LogP contribution in [0.15, 0.2) is 0 Å². The van der Waals surface area contributed by atoms with Gasteiger partial charge in [-0.05, 0) is 40.0 Å². The molecule has 0 aromatic rings. The highest BCUT2D eigenvalue weighted by atomic mass is 15.2. The van der Waals surface area contributed by atoms with Crippen molar-refractivity contribution in [1.82, 2.24) is 20.0 Å². The van der Waals surface area contributed by atoms with Gasteiger partial charge in [0.1, 0.15) is 0 Å². The van der Waals surface area contributed by atoms with Gasteiger partial charge in [-0.2, -0.15) is 0 Å². The number of rotatable bonds is 4. The Bertz CT molecular complexity index is 233. The molecule has 0 aromatic heterocycles. The van der Waals surface area contributed by atoms with E-state index in [0.29, 0.717) is 6.04 Å². The molecule has 2 aliphatic heterocycles. The molecule has 0 aliphatic carbocycles. The molecular formula is C13H28N4. The number of likely N-dealkylation sites (N-methyl/N-ethyl adjacent to an activating group) is 2. The molecule has 17 heavy (non-hydrogen) atoms. The normalized spacial score (nSPS) is 32.5. The van der Waals surface area contributed by atoms with Gasteiger partial charge in [-0.25, -0.2) is 0 Å². The van der Waals surface area contributed by atoms with Crippen molar-refractivity contribution in [2.45, 2.75) is 12.5 Å². The van der Waals surface area contributed by atoms with Crippen molar-refractivity contribution in [2.24, 2.45) is 5.92 Å². The van der Waals surface area contributed by atoms with Crippen molar-refractivity contribution in [3.63, 3.8) is 0 Å². The molecule has 0 bridgehead atoms. The summed E-state index contributed by atoms with van der Waals surface area (Å²) in [6.07, 6.45) is 1.37. The van der Waals surface area contributed by atoms with E-state index >= 15 is 0 Å². The summed E-state index contributed by atoms with van der Waals surface area (Å²) >= 11 is 0. The number of nitrogens with one attached hydrogen (secondary N) is 1. The van der Waals surface area contributed by atoms with Gasteiger partial charge in [-0.15, -0.1) is 0 Å². The first kappa shape index (κ1) is 13.3. The topological polar surface area (TPSA) is 21.8 Å². The molecule has 0 aromatic carbocycles. The third-order valence-corrected chi connectivity index (χ3v) is 4.23. The highest BCUT2D eigenvalue weighted by Gasteiger charge is 2.24. The fraction of sp³-hybridized carbons (Fsp3) is 1.00. The summed E-state index contributed by atoms with van der Waals surface area (Å²) in [6, 6.07) is 0.688. The van der Waals surface area contributed by atoms with Gasteiger partial charge in [0, 0.05) is 45.3 Å². The fourth-order valence-corrected chi connectivity index (χ4v) is 3.12. The molecule has 2 heterocycles. The molecule has 2 aliphatic rings. The van der Waals surface area contributed by atoms with Crippen LogP contribution >= 0.6 is 0 Å². The molecule has 0 spiro atoms. The third kappa shape index (κ3) is 3.91. The second-order valence-corrected chi connectivity index (χ2v) is 5.98. The van der Waals surface area contributed by atoms with E-state index in [1.54, 1.807) is 0 Å². The van der Waals surface area contributed by atoms with Gasteiger partial charge >= 0.3 is 0 Å². The van der Waals surface area contributed by atoms with Crippen molar-refractivity contribution >= 4 is 0 Å². The lowest BCUT2D eigenvalue weighted by Gasteiger charge is -2.36. The van der Waals surface area contributed by atoms with Crippen molar-refractivity contribution in [2.75, 3.05) is 67.0 Å². The first-order valence-electron chi connectivity index (χ1n) is 6.93. The van der Waals surface area contributed by atoms with E-state index in [2.05, 4.69) is 41.2 Å². The molecule has 100 valence electrons. The summed E-state index contributed by atoms with van der Waals surface area (Å²) in [5, 5.41) is 3.49. The maximum atomic E-state index is 3.49. The van der Waals surface area contributed by atoms with Gasteiger partial charge in [0.05, 0.1) is 0 Å². The lowest BCUT2D eigenvalue weighted by Crippen LogP contribution is -2.53. The van der Waals surface area contributed by atoms with Crippen molar-refractivity contribution in [3.05, 3.63) is 0 Å². The molecule has 4 nitrogen and oxygen atoms in total. The SMILES string of the molecule is CN1CCC(CN(C)CC2CNCCN2C)C1. The summed E-state index contributed by atoms with van der Waals surface area (Å²) in [6.45, 7) is 8.49. The Hall–Kier alpha value is -0.160. The van der Waals surface area contributed by atoms with Gasteiger partial charge in [0.15, 0.2) is 0 Å². The Labute approximate surface area is 106 Å². The minimum atomic E-state index is 0.688. The second kappa shape index (κ2) is 6.14. The number of nitrogens with zero attached hydrogens (tertiary/aromatic N) is 3. The van der Waals surface area contributed by atoms with Crippen LogP contribution in [0.1, 0.15) is 6.42 Å². The second-order valence-electron chi connectivity index (χ2n) is 5.98. The summed E-state index contributed by atoms with van der Waals surface area (Å²) in [5.41, 5.74) is 0. The fourth-order valence-electron chi connectivity index (χ4n) is 3.12. The number of piperazine rings is 1. The third-order valence-electron chi connectivity index (χ3n) is 4.23. The maximum absolute atomic E-state index is 3.49. The van der Waals surface area contributed by atoms with Gasteiger partial charge in [0.25, 0.3) is 0 Å². The van der Waals surface area contributed by atoms with Crippen LogP contribution in [0.2, 0.25) is 0 Å². The molecule has 2 saturated heterocycles. The van der Waals surface area contributed by atoms with E-state index in [4.69, 9.17) is 0 Å². The predicted molar refractivity (Wildman–Crippen MR) is 72.4 cm³/mol. The minimum Gasteiger partial charge on any atom is -0.314 e. The Morgan fingerprint density at radius 1 is 1.24 bits per heavy atom.